The summed E-state index contributed by atoms with van der Waals surface area (Å²) < 4.78 is 0. The number of aryl methyl sites for hydroxylation is 1. The van der Waals surface area contributed by atoms with Gasteiger partial charge in [-0.1, -0.05) is 24.6 Å². The highest BCUT2D eigenvalue weighted by Crippen LogP contribution is 2.27. The first-order chi connectivity index (χ1) is 6.65. The van der Waals surface area contributed by atoms with Gasteiger partial charge in [0.25, 0.3) is 0 Å². The zero-order valence-corrected chi connectivity index (χ0v) is 10.0. The lowest BCUT2D eigenvalue weighted by Gasteiger charge is -2.12. The fourth-order valence-corrected chi connectivity index (χ4v) is 2.37. The summed E-state index contributed by atoms with van der Waals surface area (Å²) in [7, 11) is 0. The van der Waals surface area contributed by atoms with Crippen LogP contribution in [-0.2, 0) is 0 Å². The molecule has 1 rings (SSSR count). The zero-order chi connectivity index (χ0) is 10.6. The molecule has 1 aromatic carbocycles. The summed E-state index contributed by atoms with van der Waals surface area (Å²) in [4.78, 5) is 1.34. The third kappa shape index (κ3) is 3.03. The number of hydrogen-bond acceptors (Lipinski definition) is 2. The topological polar surface area (TPSA) is 26.0 Å². The van der Waals surface area contributed by atoms with Gasteiger partial charge in [-0.05, 0) is 37.7 Å². The molecule has 0 bridgehead atoms. The van der Waals surface area contributed by atoms with E-state index in [4.69, 9.17) is 5.73 Å². The van der Waals surface area contributed by atoms with Crippen LogP contribution in [0.25, 0.3) is 0 Å². The van der Waals surface area contributed by atoms with E-state index < -0.39 is 0 Å². The number of rotatable bonds is 4. The average Bonchev–Trinajstić information content (AvgIpc) is 2.15. The van der Waals surface area contributed by atoms with E-state index in [1.807, 2.05) is 18.7 Å². The third-order valence-corrected chi connectivity index (χ3v) is 3.41. The molecule has 0 aliphatic carbocycles. The second-order valence-electron chi connectivity index (χ2n) is 3.68. The predicted molar refractivity (Wildman–Crippen MR) is 64.8 cm³/mol. The molecule has 14 heavy (non-hydrogen) atoms. The van der Waals surface area contributed by atoms with Gasteiger partial charge in [-0.3, -0.25) is 0 Å². The van der Waals surface area contributed by atoms with E-state index in [1.54, 1.807) is 0 Å². The van der Waals surface area contributed by atoms with Crippen molar-refractivity contribution >= 4 is 11.8 Å². The molecule has 1 nitrogen and oxygen atoms in total. The van der Waals surface area contributed by atoms with Crippen LogP contribution in [0.3, 0.4) is 0 Å². The molecule has 78 valence electrons. The van der Waals surface area contributed by atoms with Gasteiger partial charge in [0.1, 0.15) is 0 Å². The van der Waals surface area contributed by atoms with Crippen molar-refractivity contribution in [3.05, 3.63) is 29.3 Å². The molecule has 0 aromatic heterocycles. The van der Waals surface area contributed by atoms with Crippen LogP contribution in [0.5, 0.6) is 0 Å². The Morgan fingerprint density at radius 3 is 2.71 bits per heavy atom. The molecule has 1 unspecified atom stereocenters. The minimum atomic E-state index is 0.134. The summed E-state index contributed by atoms with van der Waals surface area (Å²) in [5.41, 5.74) is 8.51. The van der Waals surface area contributed by atoms with Crippen molar-refractivity contribution in [2.24, 2.45) is 5.73 Å². The average molecular weight is 209 g/mol. The van der Waals surface area contributed by atoms with Crippen LogP contribution >= 0.6 is 11.8 Å². The molecule has 0 spiro atoms. The number of nitrogens with two attached hydrogens (primary N) is 1. The molecule has 2 heteroatoms. The lowest BCUT2D eigenvalue weighted by molar-refractivity contribution is 0.795. The van der Waals surface area contributed by atoms with E-state index in [1.165, 1.54) is 28.2 Å². The van der Waals surface area contributed by atoms with Crippen molar-refractivity contribution in [1.82, 2.24) is 0 Å². The van der Waals surface area contributed by atoms with Gasteiger partial charge in [0, 0.05) is 10.9 Å². The van der Waals surface area contributed by atoms with Crippen molar-refractivity contribution in [3.8, 4) is 0 Å². The zero-order valence-electron chi connectivity index (χ0n) is 9.21. The van der Waals surface area contributed by atoms with Gasteiger partial charge >= 0.3 is 0 Å². The Kier molecular flexibility index (Phi) is 4.49. The van der Waals surface area contributed by atoms with Crippen LogP contribution in [0.4, 0.5) is 0 Å². The molecule has 0 amide bonds. The van der Waals surface area contributed by atoms with E-state index in [-0.39, 0.29) is 6.04 Å². The van der Waals surface area contributed by atoms with Crippen molar-refractivity contribution < 1.29 is 0 Å². The summed E-state index contributed by atoms with van der Waals surface area (Å²) in [5.74, 6) is 1.17. The van der Waals surface area contributed by atoms with E-state index in [2.05, 4.69) is 32.0 Å². The van der Waals surface area contributed by atoms with E-state index in [9.17, 15) is 0 Å². The smallest absolute Gasteiger partial charge is 0.0277 e. The maximum absolute atomic E-state index is 5.94. The van der Waals surface area contributed by atoms with Crippen molar-refractivity contribution in [2.75, 3.05) is 5.75 Å². The molecule has 0 heterocycles. The molecule has 0 saturated carbocycles. The maximum atomic E-state index is 5.94. The van der Waals surface area contributed by atoms with Gasteiger partial charge in [-0.25, -0.2) is 0 Å². The molecule has 0 saturated heterocycles. The first-order valence-corrected chi connectivity index (χ1v) is 6.12. The molecule has 0 aliphatic rings. The summed E-state index contributed by atoms with van der Waals surface area (Å²) in [6, 6.07) is 6.68. The van der Waals surface area contributed by atoms with E-state index >= 15 is 0 Å². The van der Waals surface area contributed by atoms with Gasteiger partial charge in [-0.2, -0.15) is 0 Å². The lowest BCUT2D eigenvalue weighted by atomic mass is 10.1. The highest BCUT2D eigenvalue weighted by Gasteiger charge is 2.06. The summed E-state index contributed by atoms with van der Waals surface area (Å²) >= 11 is 1.90. The number of benzene rings is 1. The van der Waals surface area contributed by atoms with Gasteiger partial charge in [-0.15, -0.1) is 11.8 Å². The number of thioether (sulfide) groups is 1. The largest absolute Gasteiger partial charge is 0.324 e. The quantitative estimate of drug-likeness (QED) is 0.768. The molecule has 1 atom stereocenters. The molecule has 2 N–H and O–H groups in total. The van der Waals surface area contributed by atoms with Crippen LogP contribution in [0.2, 0.25) is 0 Å². The Balaban J connectivity index is 2.90. The van der Waals surface area contributed by atoms with Crippen molar-refractivity contribution in [3.63, 3.8) is 0 Å². The first-order valence-electron chi connectivity index (χ1n) is 5.14. The SMILES string of the molecule is CCCSc1ccc(C)cc1C(C)N. The Labute approximate surface area is 91.1 Å². The number of hydrogen-bond donors (Lipinski definition) is 1. The van der Waals surface area contributed by atoms with Crippen LogP contribution in [0, 0.1) is 6.92 Å². The van der Waals surface area contributed by atoms with Crippen LogP contribution in [0.1, 0.15) is 37.4 Å². The minimum absolute atomic E-state index is 0.134. The highest BCUT2D eigenvalue weighted by molar-refractivity contribution is 7.99. The lowest BCUT2D eigenvalue weighted by Crippen LogP contribution is -2.06. The molecule has 1 aromatic rings. The van der Waals surface area contributed by atoms with Crippen LogP contribution < -0.4 is 5.73 Å². The highest BCUT2D eigenvalue weighted by atomic mass is 32.2. The monoisotopic (exact) mass is 209 g/mol. The van der Waals surface area contributed by atoms with Crippen molar-refractivity contribution in [1.29, 1.82) is 0 Å². The Hall–Kier alpha value is -0.470. The standard InChI is InChI=1S/C12H19NS/c1-4-7-14-12-6-5-9(2)8-11(12)10(3)13/h5-6,8,10H,4,7,13H2,1-3H3. The van der Waals surface area contributed by atoms with Crippen LogP contribution in [0.15, 0.2) is 23.1 Å². The first kappa shape index (κ1) is 11.6. The summed E-state index contributed by atoms with van der Waals surface area (Å²) in [5, 5.41) is 0. The Bertz CT molecular complexity index is 294. The van der Waals surface area contributed by atoms with Gasteiger partial charge in [0.05, 0.1) is 0 Å². The van der Waals surface area contributed by atoms with Gasteiger partial charge < -0.3 is 5.73 Å². The molecule has 0 aliphatic heterocycles. The fraction of sp³-hybridized carbons (Fsp3) is 0.500. The second-order valence-corrected chi connectivity index (χ2v) is 4.82. The summed E-state index contributed by atoms with van der Waals surface area (Å²) in [6.07, 6.45) is 1.21. The van der Waals surface area contributed by atoms with Gasteiger partial charge in [0.15, 0.2) is 0 Å². The molecule has 0 fully saturated rings. The van der Waals surface area contributed by atoms with E-state index in [0.717, 1.165) is 0 Å². The predicted octanol–water partition coefficient (Wildman–Crippen LogP) is 3.52. The Morgan fingerprint density at radius 2 is 2.14 bits per heavy atom. The second kappa shape index (κ2) is 5.42. The minimum Gasteiger partial charge on any atom is -0.324 e. The van der Waals surface area contributed by atoms with Gasteiger partial charge in [0.2, 0.25) is 0 Å². The van der Waals surface area contributed by atoms with E-state index in [0.29, 0.717) is 0 Å². The molecular weight excluding hydrogens is 190 g/mol. The molecular formula is C12H19NS. The maximum Gasteiger partial charge on any atom is 0.0277 e. The third-order valence-electron chi connectivity index (χ3n) is 2.12. The fourth-order valence-electron chi connectivity index (χ4n) is 1.37. The normalized spacial score (nSPS) is 12.9. The summed E-state index contributed by atoms with van der Waals surface area (Å²) in [6.45, 7) is 6.36. The van der Waals surface area contributed by atoms with Crippen LogP contribution in [-0.4, -0.2) is 5.75 Å². The Morgan fingerprint density at radius 1 is 1.43 bits per heavy atom. The van der Waals surface area contributed by atoms with Crippen molar-refractivity contribution in [2.45, 2.75) is 38.1 Å². The molecule has 0 radical (unpaired) electrons.